The van der Waals surface area contributed by atoms with E-state index in [4.69, 9.17) is 23.7 Å². The Bertz CT molecular complexity index is 1260. The van der Waals surface area contributed by atoms with Gasteiger partial charge in [-0.1, -0.05) is 62.4 Å². The van der Waals surface area contributed by atoms with Crippen molar-refractivity contribution in [2.75, 3.05) is 6.61 Å². The zero-order valence-electron chi connectivity index (χ0n) is 24.9. The number of rotatable bonds is 1. The van der Waals surface area contributed by atoms with Crippen molar-refractivity contribution in [1.29, 1.82) is 5.26 Å². The molecule has 4 aliphatic rings. The lowest BCUT2D eigenvalue weighted by atomic mass is 9.79. The van der Waals surface area contributed by atoms with Crippen LogP contribution < -0.4 is 0 Å². The Hall–Kier alpha value is -3.02. The second-order valence-electron chi connectivity index (χ2n) is 12.2. The number of nitriles is 1. The number of esters is 1. The monoisotopic (exact) mass is 573 g/mol. The van der Waals surface area contributed by atoms with Crippen molar-refractivity contribution in [2.45, 2.75) is 102 Å². The Kier molecular flexibility index (Phi) is 10.1. The summed E-state index contributed by atoms with van der Waals surface area (Å²) >= 11 is 0. The minimum Gasteiger partial charge on any atom is -0.458 e. The molecule has 0 saturated carbocycles. The maximum absolute atomic E-state index is 13.0. The van der Waals surface area contributed by atoms with Gasteiger partial charge in [0.05, 0.1) is 43.2 Å². The zero-order valence-corrected chi connectivity index (χ0v) is 24.9. The van der Waals surface area contributed by atoms with Gasteiger partial charge in [-0.3, -0.25) is 0 Å². The van der Waals surface area contributed by atoms with E-state index in [-0.39, 0.29) is 54.4 Å². The lowest BCUT2D eigenvalue weighted by Crippen LogP contribution is -2.50. The van der Waals surface area contributed by atoms with Crippen molar-refractivity contribution in [1.82, 2.24) is 0 Å². The number of hydrogen-bond donors (Lipinski definition) is 0. The van der Waals surface area contributed by atoms with Gasteiger partial charge in [-0.05, 0) is 56.2 Å². The maximum atomic E-state index is 13.0. The number of nitrogens with zero attached hydrogens (tertiary/aromatic N) is 1. The van der Waals surface area contributed by atoms with Crippen LogP contribution >= 0.6 is 0 Å². The molecule has 0 N–H and O–H groups in total. The molecule has 1 aromatic carbocycles. The molecule has 3 fully saturated rings. The Labute approximate surface area is 249 Å². The van der Waals surface area contributed by atoms with Crippen molar-refractivity contribution < 1.29 is 28.5 Å². The summed E-state index contributed by atoms with van der Waals surface area (Å²) in [5.74, 6) is -0.517. The van der Waals surface area contributed by atoms with Crippen LogP contribution in [-0.2, 0) is 28.5 Å². The smallest absolute Gasteiger partial charge is 0.330 e. The second-order valence-corrected chi connectivity index (χ2v) is 12.2. The second kappa shape index (κ2) is 14.0. The van der Waals surface area contributed by atoms with Crippen molar-refractivity contribution in [3.8, 4) is 6.07 Å². The van der Waals surface area contributed by atoms with E-state index in [9.17, 15) is 10.1 Å². The van der Waals surface area contributed by atoms with E-state index in [0.717, 1.165) is 48.0 Å². The number of ether oxygens (including phenoxy) is 5. The van der Waals surface area contributed by atoms with Crippen LogP contribution in [0, 0.1) is 23.2 Å². The summed E-state index contributed by atoms with van der Waals surface area (Å²) in [7, 11) is 0. The average Bonchev–Trinajstić information content (AvgIpc) is 2.96. The molecule has 4 heterocycles. The number of allylic oxidation sites excluding steroid dienone is 1. The molecule has 42 heavy (non-hydrogen) atoms. The lowest BCUT2D eigenvalue weighted by Gasteiger charge is -2.44. The van der Waals surface area contributed by atoms with Crippen LogP contribution in [0.25, 0.3) is 6.08 Å². The molecule has 224 valence electrons. The van der Waals surface area contributed by atoms with Gasteiger partial charge >= 0.3 is 5.97 Å². The van der Waals surface area contributed by atoms with Gasteiger partial charge in [0.25, 0.3) is 0 Å². The van der Waals surface area contributed by atoms with E-state index in [1.165, 1.54) is 12.2 Å². The van der Waals surface area contributed by atoms with Crippen molar-refractivity contribution in [3.05, 3.63) is 77.4 Å². The normalized spacial score (nSPS) is 36.3. The number of carbonyl (C=O) groups excluding carboxylic acids is 1. The Morgan fingerprint density at radius 2 is 1.83 bits per heavy atom. The highest BCUT2D eigenvalue weighted by Crippen LogP contribution is 2.38. The average molecular weight is 574 g/mol. The predicted octanol–water partition coefficient (Wildman–Crippen LogP) is 6.77. The summed E-state index contributed by atoms with van der Waals surface area (Å²) in [6, 6.07) is 10.4. The van der Waals surface area contributed by atoms with Crippen molar-refractivity contribution in [3.63, 3.8) is 0 Å². The van der Waals surface area contributed by atoms with E-state index in [0.29, 0.717) is 19.4 Å². The van der Waals surface area contributed by atoms with Gasteiger partial charge in [-0.25, -0.2) is 4.79 Å². The largest absolute Gasteiger partial charge is 0.458 e. The summed E-state index contributed by atoms with van der Waals surface area (Å²) in [6.45, 7) is 10.9. The van der Waals surface area contributed by atoms with Crippen LogP contribution in [0.2, 0.25) is 0 Å². The van der Waals surface area contributed by atoms with E-state index < -0.39 is 6.29 Å². The summed E-state index contributed by atoms with van der Waals surface area (Å²) in [4.78, 5) is 13.0. The third-order valence-electron chi connectivity index (χ3n) is 8.90. The molecule has 0 spiro atoms. The van der Waals surface area contributed by atoms with Crippen LogP contribution in [0.4, 0.5) is 0 Å². The van der Waals surface area contributed by atoms with Crippen LogP contribution in [-0.4, -0.2) is 49.2 Å². The fourth-order valence-electron chi connectivity index (χ4n) is 6.73. The molecule has 8 bridgehead atoms. The van der Waals surface area contributed by atoms with Crippen LogP contribution in [0.3, 0.4) is 0 Å². The molecule has 3 saturated heterocycles. The number of hydrogen-bond acceptors (Lipinski definition) is 7. The standard InChI is InChI=1S/C35H43NO6/c1-22-18-28-11-7-13-32(37)42-34-24(3)31(41-33(25(34)4)23(2)14-16-36)12-6-9-26-8-5-10-27(20-26)35-38-17-15-29(40-35)21-30(19-22)39-28/h5-10,13-14,20,24-25,28-31,33-35H,1,11-12,15,17-19,21H2,2-4H3/t24-,25-,28-,29-,30+,31+,33-,34-,35-/m0/s1. The first-order chi connectivity index (χ1) is 20.3. The molecular weight excluding hydrogens is 530 g/mol. The zero-order chi connectivity index (χ0) is 29.6. The number of carbonyl (C=O) groups is 1. The molecule has 4 aliphatic heterocycles. The van der Waals surface area contributed by atoms with Crippen molar-refractivity contribution >= 4 is 12.0 Å². The first kappa shape index (κ1) is 30.4. The summed E-state index contributed by atoms with van der Waals surface area (Å²) in [5.41, 5.74) is 4.03. The number of benzene rings is 1. The van der Waals surface area contributed by atoms with Gasteiger partial charge in [-0.2, -0.15) is 5.26 Å². The third kappa shape index (κ3) is 7.48. The minimum absolute atomic E-state index is 0.0197. The molecular formula is C35H43NO6. The first-order valence-corrected chi connectivity index (χ1v) is 15.2. The molecule has 7 heteroatoms. The highest BCUT2D eigenvalue weighted by molar-refractivity contribution is 5.82. The fourth-order valence-corrected chi connectivity index (χ4v) is 6.73. The van der Waals surface area contributed by atoms with E-state index in [2.05, 4.69) is 43.9 Å². The van der Waals surface area contributed by atoms with E-state index in [1.807, 2.05) is 32.1 Å². The third-order valence-corrected chi connectivity index (χ3v) is 8.90. The summed E-state index contributed by atoms with van der Waals surface area (Å²) < 4.78 is 31.5. The summed E-state index contributed by atoms with van der Waals surface area (Å²) in [5, 5.41) is 9.29. The molecule has 7 nitrogen and oxygen atoms in total. The van der Waals surface area contributed by atoms with Crippen LogP contribution in [0.1, 0.15) is 76.7 Å². The molecule has 0 amide bonds. The molecule has 0 aromatic heterocycles. The Morgan fingerprint density at radius 3 is 2.67 bits per heavy atom. The molecule has 5 rings (SSSR count). The van der Waals surface area contributed by atoms with Crippen molar-refractivity contribution in [2.24, 2.45) is 11.8 Å². The molecule has 1 aromatic rings. The van der Waals surface area contributed by atoms with E-state index >= 15 is 0 Å². The molecule has 0 aliphatic carbocycles. The van der Waals surface area contributed by atoms with Gasteiger partial charge in [0, 0.05) is 36.0 Å². The predicted molar refractivity (Wildman–Crippen MR) is 160 cm³/mol. The Morgan fingerprint density at radius 1 is 1.02 bits per heavy atom. The van der Waals surface area contributed by atoms with Crippen LogP contribution in [0.5, 0.6) is 0 Å². The van der Waals surface area contributed by atoms with Gasteiger partial charge in [0.2, 0.25) is 0 Å². The highest BCUT2D eigenvalue weighted by atomic mass is 16.7. The Balaban J connectivity index is 1.43. The summed E-state index contributed by atoms with van der Waals surface area (Å²) in [6.07, 6.45) is 12.2. The SMILES string of the molecule is C=C1C[C@@H]2C[C@@H]3CCO[C@@H](O3)c3cccc(c3)C=CC[C@H]3O[C@@H](C(C)=CC#N)[C@H](C)[C@@H](OC(=O)C=CC[C@@H](C1)O2)[C@H]3C. The lowest BCUT2D eigenvalue weighted by molar-refractivity contribution is -0.225. The molecule has 0 unspecified atom stereocenters. The number of fused-ring (bicyclic) bond motifs is 9. The quantitative estimate of drug-likeness (QED) is 0.208. The highest BCUT2D eigenvalue weighted by Gasteiger charge is 2.43. The topological polar surface area (TPSA) is 87.0 Å². The maximum Gasteiger partial charge on any atom is 0.330 e. The minimum atomic E-state index is -0.417. The van der Waals surface area contributed by atoms with Gasteiger partial charge in [0.1, 0.15) is 6.10 Å². The van der Waals surface area contributed by atoms with E-state index in [1.54, 1.807) is 0 Å². The fraction of sp³-hybridized carbons (Fsp3) is 0.543. The van der Waals surface area contributed by atoms with Gasteiger partial charge in [-0.15, -0.1) is 0 Å². The van der Waals surface area contributed by atoms with Gasteiger partial charge < -0.3 is 23.7 Å². The molecule has 9 atom stereocenters. The van der Waals surface area contributed by atoms with Crippen LogP contribution in [0.15, 0.2) is 66.3 Å². The van der Waals surface area contributed by atoms with Gasteiger partial charge in [0.15, 0.2) is 6.29 Å². The first-order valence-electron chi connectivity index (χ1n) is 15.2. The molecule has 0 radical (unpaired) electrons.